The van der Waals surface area contributed by atoms with Gasteiger partial charge in [0.05, 0.1) is 0 Å². The van der Waals surface area contributed by atoms with Crippen molar-refractivity contribution in [2.75, 3.05) is 0 Å². The Hall–Kier alpha value is 0.880. The van der Waals surface area contributed by atoms with E-state index in [0.29, 0.717) is 0 Å². The molecule has 0 rings (SSSR count). The predicted octanol–water partition coefficient (Wildman–Crippen LogP) is -2.00. The molecule has 0 saturated carbocycles. The van der Waals surface area contributed by atoms with Crippen molar-refractivity contribution < 1.29 is 23.7 Å². The molecule has 0 N–H and O–H groups in total. The number of hydrogen-bond acceptors (Lipinski definition) is 5. The maximum Gasteiger partial charge on any atom is 2.00 e. The summed E-state index contributed by atoms with van der Waals surface area (Å²) in [6, 6.07) is 0. The van der Waals surface area contributed by atoms with Crippen LogP contribution >= 0.6 is 7.82 Å². The fourth-order valence-corrected chi connectivity index (χ4v) is 0.472. The van der Waals surface area contributed by atoms with Crippen molar-refractivity contribution in [2.24, 2.45) is 0 Å². The Morgan fingerprint density at radius 2 is 1.89 bits per heavy atom. The molecule has 9 heavy (non-hydrogen) atoms. The van der Waals surface area contributed by atoms with Gasteiger partial charge in [0.15, 0.2) is 0 Å². The van der Waals surface area contributed by atoms with Crippen LogP contribution in [0.1, 0.15) is 6.92 Å². The molecule has 7 heteroatoms. The van der Waals surface area contributed by atoms with E-state index in [9.17, 15) is 19.1 Å². The van der Waals surface area contributed by atoms with Gasteiger partial charge in [0.25, 0.3) is 0 Å². The number of carbonyl (C=O) groups excluding carboxylic acids is 1. The standard InChI is InChI=1S/C2H5O5P.Ca/c1-2(3)7-8(4,5)6;/h1H3,(H2,4,5,6);/q;+2/p-2. The normalized spacial score (nSPS) is 9.67. The van der Waals surface area contributed by atoms with Crippen LogP contribution in [0.2, 0.25) is 0 Å². The Labute approximate surface area is 81.6 Å². The molecule has 48 valence electrons. The van der Waals surface area contributed by atoms with Crippen LogP contribution in [0.5, 0.6) is 0 Å². The molecular formula is C2H3CaO5P. The Morgan fingerprint density at radius 1 is 1.56 bits per heavy atom. The van der Waals surface area contributed by atoms with Gasteiger partial charge in [-0.3, -0.25) is 4.79 Å². The second kappa shape index (κ2) is 4.66. The third-order valence-corrected chi connectivity index (χ3v) is 0.721. The molecule has 0 amide bonds. The number of phosphoric ester groups is 1. The first kappa shape index (κ1) is 12.5. The number of rotatable bonds is 1. The molecule has 0 aliphatic heterocycles. The maximum atomic E-state index is 9.66. The summed E-state index contributed by atoms with van der Waals surface area (Å²) in [5.41, 5.74) is 0. The van der Waals surface area contributed by atoms with Crippen LogP contribution in [0.25, 0.3) is 0 Å². The largest absolute Gasteiger partial charge is 2.00 e. The molecule has 0 aliphatic carbocycles. The smallest absolute Gasteiger partial charge is 0.780 e. The van der Waals surface area contributed by atoms with E-state index in [4.69, 9.17) is 0 Å². The molecule has 0 aromatic rings. The van der Waals surface area contributed by atoms with E-state index in [2.05, 4.69) is 4.52 Å². The summed E-state index contributed by atoms with van der Waals surface area (Å²) < 4.78 is 12.7. The first-order valence-electron chi connectivity index (χ1n) is 1.64. The monoisotopic (exact) mass is 178 g/mol. The molecule has 0 aromatic carbocycles. The third-order valence-electron chi connectivity index (χ3n) is 0.240. The first-order valence-corrected chi connectivity index (χ1v) is 3.10. The van der Waals surface area contributed by atoms with Crippen molar-refractivity contribution in [3.05, 3.63) is 0 Å². The average molecular weight is 178 g/mol. The van der Waals surface area contributed by atoms with Gasteiger partial charge in [0.2, 0.25) is 0 Å². The van der Waals surface area contributed by atoms with Gasteiger partial charge in [-0.05, 0) is 0 Å². The van der Waals surface area contributed by atoms with E-state index in [1.165, 1.54) is 0 Å². The zero-order chi connectivity index (χ0) is 6.78. The van der Waals surface area contributed by atoms with Crippen LogP contribution in [-0.4, -0.2) is 43.7 Å². The van der Waals surface area contributed by atoms with Gasteiger partial charge in [-0.2, -0.15) is 0 Å². The summed E-state index contributed by atoms with van der Waals surface area (Å²) in [7, 11) is -5.07. The molecule has 0 spiro atoms. The minimum absolute atomic E-state index is 0. The molecule has 0 fully saturated rings. The molecule has 0 atom stereocenters. The summed E-state index contributed by atoms with van der Waals surface area (Å²) in [4.78, 5) is 28.6. The topological polar surface area (TPSA) is 89.5 Å². The molecule has 5 nitrogen and oxygen atoms in total. The molecule has 0 bridgehead atoms. The summed E-state index contributed by atoms with van der Waals surface area (Å²) in [5.74, 6) is -1.11. The van der Waals surface area contributed by atoms with Crippen molar-refractivity contribution in [1.82, 2.24) is 0 Å². The van der Waals surface area contributed by atoms with Crippen LogP contribution in [0.3, 0.4) is 0 Å². The van der Waals surface area contributed by atoms with Crippen molar-refractivity contribution in [3.8, 4) is 0 Å². The van der Waals surface area contributed by atoms with Crippen molar-refractivity contribution in [2.45, 2.75) is 6.92 Å². The minimum Gasteiger partial charge on any atom is -0.780 e. The quantitative estimate of drug-likeness (QED) is 0.342. The van der Waals surface area contributed by atoms with Gasteiger partial charge in [-0.15, -0.1) is 0 Å². The van der Waals surface area contributed by atoms with E-state index in [1.54, 1.807) is 0 Å². The van der Waals surface area contributed by atoms with Crippen LogP contribution in [0, 0.1) is 0 Å². The zero-order valence-corrected chi connectivity index (χ0v) is 7.80. The Balaban J connectivity index is 0. The SMILES string of the molecule is CC(=O)OP(=O)([O-])[O-].[Ca+2]. The van der Waals surface area contributed by atoms with Gasteiger partial charge in [-0.1, -0.05) is 0 Å². The zero-order valence-electron chi connectivity index (χ0n) is 4.70. The number of phosphoric acid groups is 1. The van der Waals surface area contributed by atoms with Gasteiger partial charge in [-0.25, -0.2) is 0 Å². The Bertz CT molecular complexity index is 138. The molecule has 0 heterocycles. The van der Waals surface area contributed by atoms with E-state index in [0.717, 1.165) is 6.92 Å². The molecule has 0 saturated heterocycles. The van der Waals surface area contributed by atoms with E-state index >= 15 is 0 Å². The molecule has 0 aromatic heterocycles. The van der Waals surface area contributed by atoms with Gasteiger partial charge < -0.3 is 18.9 Å². The molecule has 0 aliphatic rings. The average Bonchev–Trinajstić information content (AvgIpc) is 1.21. The van der Waals surface area contributed by atoms with Gasteiger partial charge in [0.1, 0.15) is 7.82 Å². The first-order chi connectivity index (χ1) is 3.42. The van der Waals surface area contributed by atoms with Gasteiger partial charge >= 0.3 is 43.7 Å². The van der Waals surface area contributed by atoms with E-state index in [1.807, 2.05) is 0 Å². The number of carbonyl (C=O) groups is 1. The second-order valence-corrected chi connectivity index (χ2v) is 2.11. The number of hydrogen-bond donors (Lipinski definition) is 0. The van der Waals surface area contributed by atoms with Crippen molar-refractivity contribution in [1.29, 1.82) is 0 Å². The van der Waals surface area contributed by atoms with Crippen LogP contribution < -0.4 is 9.79 Å². The Morgan fingerprint density at radius 3 is 1.89 bits per heavy atom. The molecule has 0 radical (unpaired) electrons. The molecular weight excluding hydrogens is 175 g/mol. The Kier molecular flexibility index (Phi) is 6.49. The molecule has 0 unspecified atom stereocenters. The summed E-state index contributed by atoms with van der Waals surface area (Å²) in [6.07, 6.45) is 0. The van der Waals surface area contributed by atoms with Crippen LogP contribution in [-0.2, 0) is 13.9 Å². The maximum absolute atomic E-state index is 9.66. The fraction of sp³-hybridized carbons (Fsp3) is 0.500. The summed E-state index contributed by atoms with van der Waals surface area (Å²) in [6.45, 7) is 0.836. The predicted molar refractivity (Wildman–Crippen MR) is 25.1 cm³/mol. The fourth-order valence-electron chi connectivity index (χ4n) is 0.157. The minimum atomic E-state index is -5.07. The second-order valence-electron chi connectivity index (χ2n) is 1.03. The van der Waals surface area contributed by atoms with E-state index in [-0.39, 0.29) is 37.7 Å². The summed E-state index contributed by atoms with van der Waals surface area (Å²) in [5, 5.41) is 0. The summed E-state index contributed by atoms with van der Waals surface area (Å²) >= 11 is 0. The van der Waals surface area contributed by atoms with Crippen LogP contribution in [0.15, 0.2) is 0 Å². The third kappa shape index (κ3) is 12.2. The van der Waals surface area contributed by atoms with E-state index < -0.39 is 13.8 Å². The van der Waals surface area contributed by atoms with Crippen LogP contribution in [0.4, 0.5) is 0 Å². The van der Waals surface area contributed by atoms with Gasteiger partial charge in [0, 0.05) is 6.92 Å². The van der Waals surface area contributed by atoms with Crippen molar-refractivity contribution in [3.63, 3.8) is 0 Å². The van der Waals surface area contributed by atoms with Crippen molar-refractivity contribution >= 4 is 51.5 Å².